The highest BCUT2D eigenvalue weighted by Gasteiger charge is 2.15. The van der Waals surface area contributed by atoms with Crippen LogP contribution in [0.4, 0.5) is 0 Å². The van der Waals surface area contributed by atoms with E-state index in [-0.39, 0.29) is 5.75 Å². The lowest BCUT2D eigenvalue weighted by atomic mass is 10.2. The second-order valence-corrected chi connectivity index (χ2v) is 4.31. The molecule has 1 rings (SSSR count). The van der Waals surface area contributed by atoms with E-state index in [4.69, 9.17) is 4.74 Å². The Balaban J connectivity index is 2.57. The van der Waals surface area contributed by atoms with Crippen LogP contribution in [0.25, 0.3) is 0 Å². The Morgan fingerprint density at radius 2 is 2.00 bits per heavy atom. The maximum absolute atomic E-state index is 9.78. The minimum Gasteiger partial charge on any atom is -0.504 e. The Labute approximate surface area is 104 Å². The predicted octanol–water partition coefficient (Wildman–Crippen LogP) is 2.97. The van der Waals surface area contributed by atoms with Gasteiger partial charge < -0.3 is 9.84 Å². The van der Waals surface area contributed by atoms with Gasteiger partial charge in [0.25, 0.3) is 0 Å². The molecule has 96 valence electrons. The smallest absolute Gasteiger partial charge is 0.228 e. The van der Waals surface area contributed by atoms with Crippen molar-refractivity contribution in [1.82, 2.24) is 0 Å². The van der Waals surface area contributed by atoms with E-state index in [9.17, 15) is 5.11 Å². The maximum Gasteiger partial charge on any atom is 0.228 e. The third-order valence-electron chi connectivity index (χ3n) is 2.99. The molecule has 1 heterocycles. The molecule has 17 heavy (non-hydrogen) atoms. The Hall–Kier alpha value is -1.25. The molecule has 0 saturated carbocycles. The van der Waals surface area contributed by atoms with Crippen molar-refractivity contribution in [3.8, 4) is 11.5 Å². The second-order valence-electron chi connectivity index (χ2n) is 4.31. The van der Waals surface area contributed by atoms with Gasteiger partial charge in [-0.3, -0.25) is 0 Å². The number of hydrogen-bond donors (Lipinski definition) is 1. The third kappa shape index (κ3) is 3.91. The normalized spacial score (nSPS) is 10.5. The Kier molecular flexibility index (Phi) is 5.81. The second kappa shape index (κ2) is 7.15. The fraction of sp³-hybridized carbons (Fsp3) is 0.643. The summed E-state index contributed by atoms with van der Waals surface area (Å²) in [5.41, 5.74) is 0.989. The third-order valence-corrected chi connectivity index (χ3v) is 2.99. The molecule has 0 aliphatic rings. The van der Waals surface area contributed by atoms with Gasteiger partial charge in [-0.1, -0.05) is 26.2 Å². The summed E-state index contributed by atoms with van der Waals surface area (Å²) >= 11 is 0. The molecule has 0 aliphatic carbocycles. The number of unbranched alkanes of at least 4 members (excludes halogenated alkanes) is 3. The lowest BCUT2D eigenvalue weighted by molar-refractivity contribution is -0.699. The monoisotopic (exact) mass is 238 g/mol. The topological polar surface area (TPSA) is 33.3 Å². The first-order valence-electron chi connectivity index (χ1n) is 6.55. The fourth-order valence-electron chi connectivity index (χ4n) is 1.89. The Morgan fingerprint density at radius 3 is 2.65 bits per heavy atom. The number of pyridine rings is 1. The molecule has 0 aliphatic heterocycles. The zero-order chi connectivity index (χ0) is 12.7. The summed E-state index contributed by atoms with van der Waals surface area (Å²) in [7, 11) is 0. The number of ether oxygens (including phenoxy) is 1. The standard InChI is InChI=1S/C14H23NO2/c1-4-6-7-8-11-17-14-12(3)15(5-2)10-9-13(14)16/h9-10H,4-8,11H2,1-3H3/p+1. The highest BCUT2D eigenvalue weighted by atomic mass is 16.5. The number of rotatable bonds is 7. The summed E-state index contributed by atoms with van der Waals surface area (Å²) in [6.07, 6.45) is 6.60. The van der Waals surface area contributed by atoms with Gasteiger partial charge in [0, 0.05) is 13.0 Å². The summed E-state index contributed by atoms with van der Waals surface area (Å²) in [5.74, 6) is 0.869. The van der Waals surface area contributed by atoms with Gasteiger partial charge >= 0.3 is 0 Å². The zero-order valence-corrected chi connectivity index (χ0v) is 11.2. The van der Waals surface area contributed by atoms with Crippen LogP contribution in [-0.4, -0.2) is 11.7 Å². The average Bonchev–Trinajstić information content (AvgIpc) is 2.33. The van der Waals surface area contributed by atoms with E-state index in [1.54, 1.807) is 6.07 Å². The highest BCUT2D eigenvalue weighted by Crippen LogP contribution is 2.27. The number of aromatic hydroxyl groups is 1. The van der Waals surface area contributed by atoms with Crippen molar-refractivity contribution >= 4 is 0 Å². The molecule has 1 aromatic heterocycles. The first-order chi connectivity index (χ1) is 8.20. The summed E-state index contributed by atoms with van der Waals surface area (Å²) < 4.78 is 7.76. The molecule has 0 atom stereocenters. The highest BCUT2D eigenvalue weighted by molar-refractivity contribution is 5.38. The average molecular weight is 238 g/mol. The van der Waals surface area contributed by atoms with E-state index < -0.39 is 0 Å². The Bertz CT molecular complexity index is 350. The predicted molar refractivity (Wildman–Crippen MR) is 68.3 cm³/mol. The molecule has 0 aromatic carbocycles. The van der Waals surface area contributed by atoms with E-state index in [1.165, 1.54) is 19.3 Å². The SMILES string of the molecule is CCCCCCOc1c(O)cc[n+](CC)c1C. The van der Waals surface area contributed by atoms with Gasteiger partial charge in [-0.15, -0.1) is 0 Å². The van der Waals surface area contributed by atoms with Crippen molar-refractivity contribution in [2.75, 3.05) is 6.61 Å². The molecule has 0 bridgehead atoms. The number of hydrogen-bond acceptors (Lipinski definition) is 2. The van der Waals surface area contributed by atoms with Gasteiger partial charge in [0.1, 0.15) is 6.54 Å². The largest absolute Gasteiger partial charge is 0.504 e. The van der Waals surface area contributed by atoms with Crippen LogP contribution in [0.2, 0.25) is 0 Å². The van der Waals surface area contributed by atoms with E-state index in [1.807, 2.05) is 13.1 Å². The fourth-order valence-corrected chi connectivity index (χ4v) is 1.89. The molecule has 3 nitrogen and oxygen atoms in total. The Morgan fingerprint density at radius 1 is 1.24 bits per heavy atom. The molecule has 0 spiro atoms. The van der Waals surface area contributed by atoms with Gasteiger partial charge in [0.05, 0.1) is 6.61 Å². The van der Waals surface area contributed by atoms with Crippen molar-refractivity contribution in [3.63, 3.8) is 0 Å². The summed E-state index contributed by atoms with van der Waals surface area (Å²) in [4.78, 5) is 0. The molecule has 0 unspecified atom stereocenters. The van der Waals surface area contributed by atoms with Crippen molar-refractivity contribution in [1.29, 1.82) is 0 Å². The van der Waals surface area contributed by atoms with Gasteiger partial charge in [-0.2, -0.15) is 4.57 Å². The maximum atomic E-state index is 9.78. The van der Waals surface area contributed by atoms with Gasteiger partial charge in [-0.25, -0.2) is 0 Å². The molecule has 0 fully saturated rings. The van der Waals surface area contributed by atoms with Crippen LogP contribution in [-0.2, 0) is 6.54 Å². The van der Waals surface area contributed by atoms with Crippen LogP contribution in [0.3, 0.4) is 0 Å². The minimum absolute atomic E-state index is 0.239. The molecule has 1 aromatic rings. The molecule has 0 saturated heterocycles. The van der Waals surface area contributed by atoms with Gasteiger partial charge in [0.15, 0.2) is 11.9 Å². The molecule has 3 heteroatoms. The van der Waals surface area contributed by atoms with E-state index >= 15 is 0 Å². The van der Waals surface area contributed by atoms with Gasteiger partial charge in [0.2, 0.25) is 11.4 Å². The summed E-state index contributed by atoms with van der Waals surface area (Å²) in [6.45, 7) is 7.82. The van der Waals surface area contributed by atoms with Crippen molar-refractivity contribution in [2.45, 2.75) is 53.0 Å². The quantitative estimate of drug-likeness (QED) is 0.585. The summed E-state index contributed by atoms with van der Waals surface area (Å²) in [5, 5.41) is 9.78. The molecule has 0 amide bonds. The number of nitrogens with zero attached hydrogens (tertiary/aromatic N) is 1. The molecule has 0 radical (unpaired) electrons. The van der Waals surface area contributed by atoms with Crippen LogP contribution in [0.1, 0.15) is 45.2 Å². The van der Waals surface area contributed by atoms with Crippen LogP contribution < -0.4 is 9.30 Å². The summed E-state index contributed by atoms with van der Waals surface area (Å²) in [6, 6.07) is 1.69. The lowest BCUT2D eigenvalue weighted by Gasteiger charge is -2.09. The molecular formula is C14H24NO2+. The van der Waals surface area contributed by atoms with Crippen LogP contribution in [0.5, 0.6) is 11.5 Å². The first-order valence-corrected chi connectivity index (χ1v) is 6.55. The van der Waals surface area contributed by atoms with Crippen LogP contribution in [0, 0.1) is 6.92 Å². The molecular weight excluding hydrogens is 214 g/mol. The van der Waals surface area contributed by atoms with Crippen molar-refractivity contribution < 1.29 is 14.4 Å². The van der Waals surface area contributed by atoms with Crippen molar-refractivity contribution in [2.24, 2.45) is 0 Å². The van der Waals surface area contributed by atoms with Crippen LogP contribution >= 0.6 is 0 Å². The molecule has 1 N–H and O–H groups in total. The first kappa shape index (κ1) is 13.8. The van der Waals surface area contributed by atoms with E-state index in [0.29, 0.717) is 12.4 Å². The number of aryl methyl sites for hydroxylation is 1. The van der Waals surface area contributed by atoms with E-state index in [2.05, 4.69) is 18.4 Å². The van der Waals surface area contributed by atoms with Gasteiger partial charge in [-0.05, 0) is 13.3 Å². The van der Waals surface area contributed by atoms with E-state index in [0.717, 1.165) is 18.7 Å². The minimum atomic E-state index is 0.239. The lowest BCUT2D eigenvalue weighted by Crippen LogP contribution is -2.35. The number of aromatic nitrogens is 1. The zero-order valence-electron chi connectivity index (χ0n) is 11.2. The van der Waals surface area contributed by atoms with Crippen molar-refractivity contribution in [3.05, 3.63) is 18.0 Å². The van der Waals surface area contributed by atoms with Crippen LogP contribution in [0.15, 0.2) is 12.3 Å².